The lowest BCUT2D eigenvalue weighted by atomic mass is 9.98. The summed E-state index contributed by atoms with van der Waals surface area (Å²) in [5.74, 6) is 0.333. The highest BCUT2D eigenvalue weighted by Crippen LogP contribution is 2.28. The van der Waals surface area contributed by atoms with E-state index in [1.165, 1.54) is 0 Å². The van der Waals surface area contributed by atoms with Crippen LogP contribution in [-0.4, -0.2) is 5.11 Å². The molecule has 2 rings (SSSR count). The molecule has 0 amide bonds. The minimum absolute atomic E-state index is 0.333. The van der Waals surface area contributed by atoms with Gasteiger partial charge in [0.1, 0.15) is 5.75 Å². The fraction of sp³-hybridized carbons (Fsp3) is 0.0667. The van der Waals surface area contributed by atoms with E-state index >= 15 is 0 Å². The van der Waals surface area contributed by atoms with Crippen LogP contribution in [0.2, 0.25) is 0 Å². The molecule has 0 aromatic heterocycles. The summed E-state index contributed by atoms with van der Waals surface area (Å²) in [7, 11) is 0. The molecule has 0 spiro atoms. The van der Waals surface area contributed by atoms with Crippen LogP contribution >= 0.6 is 0 Å². The van der Waals surface area contributed by atoms with Crippen LogP contribution in [0.1, 0.15) is 11.1 Å². The molecule has 1 N–H and O–H groups in total. The number of phenols is 1. The second kappa shape index (κ2) is 4.23. The van der Waals surface area contributed by atoms with E-state index in [1.54, 1.807) is 6.07 Å². The van der Waals surface area contributed by atoms with Crippen molar-refractivity contribution in [2.24, 2.45) is 0 Å². The number of phenolic OH excluding ortho intramolecular Hbond substituents is 1. The van der Waals surface area contributed by atoms with Crippen molar-refractivity contribution in [3.63, 3.8) is 0 Å². The Kier molecular flexibility index (Phi) is 2.78. The summed E-state index contributed by atoms with van der Waals surface area (Å²) in [6, 6.07) is 13.7. The lowest BCUT2D eigenvalue weighted by molar-refractivity contribution is 0.471. The van der Waals surface area contributed by atoms with Crippen LogP contribution in [0.15, 0.2) is 49.0 Å². The zero-order chi connectivity index (χ0) is 11.5. The quantitative estimate of drug-likeness (QED) is 0.794. The van der Waals surface area contributed by atoms with Gasteiger partial charge in [0.2, 0.25) is 0 Å². The zero-order valence-corrected chi connectivity index (χ0v) is 9.27. The number of aromatic hydroxyl groups is 1. The summed E-state index contributed by atoms with van der Waals surface area (Å²) in [6.07, 6.45) is 1.84. The van der Waals surface area contributed by atoms with Gasteiger partial charge in [-0.1, -0.05) is 43.0 Å². The van der Waals surface area contributed by atoms with Crippen molar-refractivity contribution in [3.8, 4) is 16.9 Å². The van der Waals surface area contributed by atoms with Crippen molar-refractivity contribution in [2.75, 3.05) is 0 Å². The first-order valence-corrected chi connectivity index (χ1v) is 5.24. The lowest BCUT2D eigenvalue weighted by Gasteiger charge is -2.07. The third kappa shape index (κ3) is 1.84. The Bertz CT molecular complexity index is 527. The van der Waals surface area contributed by atoms with Gasteiger partial charge in [-0.3, -0.25) is 0 Å². The first-order valence-electron chi connectivity index (χ1n) is 5.24. The Hall–Kier alpha value is -2.02. The average molecular weight is 210 g/mol. The Morgan fingerprint density at radius 2 is 1.88 bits per heavy atom. The molecule has 0 aliphatic carbocycles. The molecule has 0 atom stereocenters. The van der Waals surface area contributed by atoms with Crippen molar-refractivity contribution in [3.05, 3.63) is 60.2 Å². The van der Waals surface area contributed by atoms with Crippen molar-refractivity contribution >= 4 is 6.08 Å². The molecule has 0 saturated carbocycles. The molecular formula is C15H14O. The van der Waals surface area contributed by atoms with Crippen LogP contribution in [0.3, 0.4) is 0 Å². The molecule has 0 bridgehead atoms. The number of benzene rings is 2. The Morgan fingerprint density at radius 1 is 1.12 bits per heavy atom. The second-order valence-electron chi connectivity index (χ2n) is 3.79. The molecule has 2 aromatic rings. The first-order chi connectivity index (χ1) is 7.72. The van der Waals surface area contributed by atoms with E-state index in [2.05, 4.69) is 12.6 Å². The summed E-state index contributed by atoms with van der Waals surface area (Å²) < 4.78 is 0. The van der Waals surface area contributed by atoms with Gasteiger partial charge in [0.15, 0.2) is 0 Å². The lowest BCUT2D eigenvalue weighted by Crippen LogP contribution is -1.84. The van der Waals surface area contributed by atoms with Crippen LogP contribution in [0.5, 0.6) is 5.75 Å². The van der Waals surface area contributed by atoms with Crippen molar-refractivity contribution in [2.45, 2.75) is 6.92 Å². The maximum absolute atomic E-state index is 9.50. The van der Waals surface area contributed by atoms with Crippen LogP contribution < -0.4 is 0 Å². The maximum atomic E-state index is 9.50. The second-order valence-corrected chi connectivity index (χ2v) is 3.79. The van der Waals surface area contributed by atoms with Gasteiger partial charge in [0, 0.05) is 0 Å². The summed E-state index contributed by atoms with van der Waals surface area (Å²) in [5.41, 5.74) is 4.23. The Labute approximate surface area is 95.7 Å². The fourth-order valence-electron chi connectivity index (χ4n) is 1.76. The number of hydrogen-bond acceptors (Lipinski definition) is 1. The number of rotatable bonds is 2. The fourth-order valence-corrected chi connectivity index (χ4v) is 1.76. The summed E-state index contributed by atoms with van der Waals surface area (Å²) >= 11 is 0. The molecule has 2 aromatic carbocycles. The van der Waals surface area contributed by atoms with Gasteiger partial charge in [-0.2, -0.15) is 0 Å². The minimum Gasteiger partial charge on any atom is -0.508 e. The molecule has 16 heavy (non-hydrogen) atoms. The van der Waals surface area contributed by atoms with E-state index in [4.69, 9.17) is 0 Å². The van der Waals surface area contributed by atoms with Gasteiger partial charge >= 0.3 is 0 Å². The van der Waals surface area contributed by atoms with E-state index in [-0.39, 0.29) is 0 Å². The topological polar surface area (TPSA) is 20.2 Å². The minimum atomic E-state index is 0.333. The van der Waals surface area contributed by atoms with Crippen molar-refractivity contribution in [1.29, 1.82) is 0 Å². The average Bonchev–Trinajstić information content (AvgIpc) is 2.32. The molecule has 0 unspecified atom stereocenters. The summed E-state index contributed by atoms with van der Waals surface area (Å²) in [5, 5.41) is 9.50. The van der Waals surface area contributed by atoms with Crippen LogP contribution in [0.25, 0.3) is 17.2 Å². The van der Waals surface area contributed by atoms with Gasteiger partial charge < -0.3 is 5.11 Å². The van der Waals surface area contributed by atoms with E-state index in [1.807, 2.05) is 43.3 Å². The third-order valence-corrected chi connectivity index (χ3v) is 2.69. The number of aryl methyl sites for hydroxylation is 1. The van der Waals surface area contributed by atoms with Gasteiger partial charge in [-0.05, 0) is 41.3 Å². The largest absolute Gasteiger partial charge is 0.508 e. The molecule has 0 fully saturated rings. The molecule has 0 saturated heterocycles. The third-order valence-electron chi connectivity index (χ3n) is 2.69. The number of hydrogen-bond donors (Lipinski definition) is 1. The van der Waals surface area contributed by atoms with E-state index in [0.717, 1.165) is 22.3 Å². The standard InChI is InChI=1S/C15H14O/c1-3-12-6-4-5-7-14(12)13-8-9-15(16)11(2)10-13/h3-10,16H,1H2,2H3. The maximum Gasteiger partial charge on any atom is 0.118 e. The molecule has 0 aliphatic heterocycles. The first kappa shape index (κ1) is 10.5. The molecule has 80 valence electrons. The van der Waals surface area contributed by atoms with Gasteiger partial charge in [0.05, 0.1) is 0 Å². The highest BCUT2D eigenvalue weighted by Gasteiger charge is 2.03. The predicted octanol–water partition coefficient (Wildman–Crippen LogP) is 4.01. The molecule has 0 heterocycles. The molecule has 1 heteroatoms. The van der Waals surface area contributed by atoms with E-state index < -0.39 is 0 Å². The smallest absolute Gasteiger partial charge is 0.118 e. The zero-order valence-electron chi connectivity index (χ0n) is 9.27. The van der Waals surface area contributed by atoms with Crippen molar-refractivity contribution < 1.29 is 5.11 Å². The van der Waals surface area contributed by atoms with Crippen LogP contribution in [0, 0.1) is 6.92 Å². The summed E-state index contributed by atoms with van der Waals surface area (Å²) in [4.78, 5) is 0. The van der Waals surface area contributed by atoms with E-state index in [0.29, 0.717) is 5.75 Å². The normalized spacial score (nSPS) is 10.1. The highest BCUT2D eigenvalue weighted by molar-refractivity contribution is 5.75. The molecule has 1 nitrogen and oxygen atoms in total. The monoisotopic (exact) mass is 210 g/mol. The molecule has 0 radical (unpaired) electrons. The van der Waals surface area contributed by atoms with Crippen LogP contribution in [0.4, 0.5) is 0 Å². The van der Waals surface area contributed by atoms with Crippen LogP contribution in [-0.2, 0) is 0 Å². The summed E-state index contributed by atoms with van der Waals surface area (Å²) in [6.45, 7) is 5.71. The molecular weight excluding hydrogens is 196 g/mol. The van der Waals surface area contributed by atoms with E-state index in [9.17, 15) is 5.11 Å². The Morgan fingerprint density at radius 3 is 2.56 bits per heavy atom. The van der Waals surface area contributed by atoms with Gasteiger partial charge in [-0.15, -0.1) is 0 Å². The predicted molar refractivity (Wildman–Crippen MR) is 68.4 cm³/mol. The highest BCUT2D eigenvalue weighted by atomic mass is 16.3. The van der Waals surface area contributed by atoms with Gasteiger partial charge in [-0.25, -0.2) is 0 Å². The molecule has 0 aliphatic rings. The van der Waals surface area contributed by atoms with Gasteiger partial charge in [0.25, 0.3) is 0 Å². The Balaban J connectivity index is 2.58. The van der Waals surface area contributed by atoms with Crippen molar-refractivity contribution in [1.82, 2.24) is 0 Å². The SMILES string of the molecule is C=Cc1ccccc1-c1ccc(O)c(C)c1.